The molecule has 2 rings (SSSR count). The van der Waals surface area contributed by atoms with Gasteiger partial charge in [0.2, 0.25) is 5.91 Å². The number of likely N-dealkylation sites (tertiary alicyclic amines) is 1. The Kier molecular flexibility index (Phi) is 5.74. The first kappa shape index (κ1) is 16.0. The van der Waals surface area contributed by atoms with Gasteiger partial charge in [-0.05, 0) is 44.5 Å². The van der Waals surface area contributed by atoms with Crippen LogP contribution in [0.3, 0.4) is 0 Å². The van der Waals surface area contributed by atoms with Gasteiger partial charge in [-0.1, -0.05) is 25.0 Å². The molecule has 0 spiro atoms. The number of halogens is 1. The molecule has 4 heteroatoms. The van der Waals surface area contributed by atoms with Crippen LogP contribution in [0.15, 0.2) is 24.3 Å². The van der Waals surface area contributed by atoms with Gasteiger partial charge in [-0.3, -0.25) is 9.69 Å². The van der Waals surface area contributed by atoms with Crippen molar-refractivity contribution in [3.63, 3.8) is 0 Å². The number of benzene rings is 1. The lowest BCUT2D eigenvalue weighted by atomic mass is 10.1. The summed E-state index contributed by atoms with van der Waals surface area (Å²) in [5, 5.41) is 0. The van der Waals surface area contributed by atoms with E-state index in [9.17, 15) is 9.18 Å². The van der Waals surface area contributed by atoms with E-state index in [1.807, 2.05) is 29.8 Å². The number of carbonyl (C=O) groups excluding carboxylic acids is 1. The van der Waals surface area contributed by atoms with Crippen LogP contribution < -0.4 is 0 Å². The molecule has 1 aliphatic rings. The third-order valence-electron chi connectivity index (χ3n) is 4.26. The van der Waals surface area contributed by atoms with Crippen molar-refractivity contribution in [3.8, 4) is 0 Å². The number of nitrogens with zero attached hydrogens (tertiary/aromatic N) is 2. The highest BCUT2D eigenvalue weighted by Gasteiger charge is 2.24. The Morgan fingerprint density at radius 1 is 1.29 bits per heavy atom. The summed E-state index contributed by atoms with van der Waals surface area (Å²) in [7, 11) is 1.92. The average Bonchev–Trinajstić information content (AvgIpc) is 2.74. The molecule has 1 aliphatic heterocycles. The minimum atomic E-state index is -0.229. The van der Waals surface area contributed by atoms with Crippen LogP contribution in [0, 0.1) is 5.82 Å². The molecule has 1 aromatic rings. The zero-order chi connectivity index (χ0) is 15.2. The highest BCUT2D eigenvalue weighted by atomic mass is 19.1. The molecule has 3 nitrogen and oxygen atoms in total. The third-order valence-corrected chi connectivity index (χ3v) is 4.26. The molecule has 0 aliphatic carbocycles. The molecule has 1 fully saturated rings. The van der Waals surface area contributed by atoms with Crippen LogP contribution in [0.25, 0.3) is 0 Å². The van der Waals surface area contributed by atoms with Gasteiger partial charge in [0.1, 0.15) is 5.82 Å². The highest BCUT2D eigenvalue weighted by molar-refractivity contribution is 5.81. The lowest BCUT2D eigenvalue weighted by molar-refractivity contribution is -0.136. The molecule has 1 saturated heterocycles. The summed E-state index contributed by atoms with van der Waals surface area (Å²) in [4.78, 5) is 16.5. The van der Waals surface area contributed by atoms with Crippen molar-refractivity contribution in [3.05, 3.63) is 35.6 Å². The first-order valence-electron chi connectivity index (χ1n) is 7.81. The van der Waals surface area contributed by atoms with E-state index in [2.05, 4.69) is 0 Å². The maximum Gasteiger partial charge on any atom is 0.239 e. The molecular formula is C17H25FN2O. The van der Waals surface area contributed by atoms with Gasteiger partial charge in [0.15, 0.2) is 0 Å². The normalized spacial score (nSPS) is 17.6. The number of likely N-dealkylation sites (N-methyl/N-ethyl adjacent to an activating group) is 1. The maximum absolute atomic E-state index is 13.2. The van der Waals surface area contributed by atoms with Crippen molar-refractivity contribution in [2.24, 2.45) is 0 Å². The summed E-state index contributed by atoms with van der Waals surface area (Å²) in [5.41, 5.74) is 0.896. The number of carbonyl (C=O) groups is 1. The monoisotopic (exact) mass is 292 g/mol. The summed E-state index contributed by atoms with van der Waals surface area (Å²) < 4.78 is 13.2. The number of rotatable bonds is 4. The number of amides is 1. The minimum absolute atomic E-state index is 0.175. The quantitative estimate of drug-likeness (QED) is 0.851. The summed E-state index contributed by atoms with van der Waals surface area (Å²) >= 11 is 0. The smallest absolute Gasteiger partial charge is 0.239 e. The molecule has 1 heterocycles. The average molecular weight is 292 g/mol. The number of hydrogen-bond donors (Lipinski definition) is 0. The first-order chi connectivity index (χ1) is 10.1. The third kappa shape index (κ3) is 4.53. The van der Waals surface area contributed by atoms with Crippen molar-refractivity contribution >= 4 is 5.91 Å². The Balaban J connectivity index is 1.94. The fourth-order valence-electron chi connectivity index (χ4n) is 2.80. The van der Waals surface area contributed by atoms with Crippen LogP contribution >= 0.6 is 0 Å². The van der Waals surface area contributed by atoms with E-state index in [0.29, 0.717) is 6.54 Å². The molecule has 1 atom stereocenters. The Labute approximate surface area is 126 Å². The van der Waals surface area contributed by atoms with Crippen LogP contribution in [-0.4, -0.2) is 41.9 Å². The molecule has 21 heavy (non-hydrogen) atoms. The summed E-state index contributed by atoms with van der Waals surface area (Å²) in [6, 6.07) is 6.39. The summed E-state index contributed by atoms with van der Waals surface area (Å²) in [6.07, 6.45) is 4.65. The lowest BCUT2D eigenvalue weighted by Crippen LogP contribution is -2.45. The van der Waals surface area contributed by atoms with E-state index in [-0.39, 0.29) is 17.8 Å². The summed E-state index contributed by atoms with van der Waals surface area (Å²) in [5.74, 6) is -0.0387. The van der Waals surface area contributed by atoms with Gasteiger partial charge < -0.3 is 4.90 Å². The fourth-order valence-corrected chi connectivity index (χ4v) is 2.80. The Bertz CT molecular complexity index is 470. The van der Waals surface area contributed by atoms with Crippen molar-refractivity contribution in [1.82, 2.24) is 9.80 Å². The zero-order valence-electron chi connectivity index (χ0n) is 13.0. The molecule has 1 unspecified atom stereocenters. The van der Waals surface area contributed by atoms with Crippen LogP contribution in [-0.2, 0) is 11.3 Å². The van der Waals surface area contributed by atoms with Crippen molar-refractivity contribution in [2.75, 3.05) is 20.1 Å². The first-order valence-corrected chi connectivity index (χ1v) is 7.81. The van der Waals surface area contributed by atoms with E-state index in [1.54, 1.807) is 6.07 Å². The Morgan fingerprint density at radius 3 is 2.57 bits per heavy atom. The van der Waals surface area contributed by atoms with E-state index < -0.39 is 0 Å². The molecule has 1 aromatic carbocycles. The molecule has 0 N–H and O–H groups in total. The van der Waals surface area contributed by atoms with E-state index in [1.165, 1.54) is 25.0 Å². The molecule has 116 valence electrons. The van der Waals surface area contributed by atoms with E-state index in [0.717, 1.165) is 31.5 Å². The Morgan fingerprint density at radius 2 is 1.95 bits per heavy atom. The topological polar surface area (TPSA) is 23.6 Å². The van der Waals surface area contributed by atoms with Gasteiger partial charge in [0, 0.05) is 19.6 Å². The van der Waals surface area contributed by atoms with Gasteiger partial charge in [-0.2, -0.15) is 0 Å². The van der Waals surface area contributed by atoms with E-state index in [4.69, 9.17) is 0 Å². The second-order valence-electron chi connectivity index (χ2n) is 5.96. The highest BCUT2D eigenvalue weighted by Crippen LogP contribution is 2.14. The van der Waals surface area contributed by atoms with Crippen LogP contribution in [0.2, 0.25) is 0 Å². The SMILES string of the molecule is CC(C(=O)N1CCCCCC1)N(C)Cc1cccc(F)c1. The summed E-state index contributed by atoms with van der Waals surface area (Å²) in [6.45, 7) is 4.26. The van der Waals surface area contributed by atoms with Gasteiger partial charge in [0.25, 0.3) is 0 Å². The Hall–Kier alpha value is -1.42. The molecule has 0 saturated carbocycles. The molecule has 0 bridgehead atoms. The van der Waals surface area contributed by atoms with Gasteiger partial charge in [0.05, 0.1) is 6.04 Å². The van der Waals surface area contributed by atoms with Crippen molar-refractivity contribution in [1.29, 1.82) is 0 Å². The molecule has 0 aromatic heterocycles. The van der Waals surface area contributed by atoms with Gasteiger partial charge in [-0.25, -0.2) is 4.39 Å². The van der Waals surface area contributed by atoms with Crippen molar-refractivity contribution in [2.45, 2.75) is 45.2 Å². The molecule has 0 radical (unpaired) electrons. The largest absolute Gasteiger partial charge is 0.341 e. The van der Waals surface area contributed by atoms with Crippen molar-refractivity contribution < 1.29 is 9.18 Å². The van der Waals surface area contributed by atoms with Crippen LogP contribution in [0.1, 0.15) is 38.2 Å². The fraction of sp³-hybridized carbons (Fsp3) is 0.588. The zero-order valence-corrected chi connectivity index (χ0v) is 13.0. The lowest BCUT2D eigenvalue weighted by Gasteiger charge is -2.29. The van der Waals surface area contributed by atoms with E-state index >= 15 is 0 Å². The van der Waals surface area contributed by atoms with Crippen LogP contribution in [0.5, 0.6) is 0 Å². The predicted octanol–water partition coefficient (Wildman–Crippen LogP) is 3.05. The standard InChI is InChI=1S/C17H25FN2O/c1-14(17(21)20-10-5-3-4-6-11-20)19(2)13-15-8-7-9-16(18)12-15/h7-9,12,14H,3-6,10-11,13H2,1-2H3. The predicted molar refractivity (Wildman–Crippen MR) is 82.4 cm³/mol. The molecular weight excluding hydrogens is 267 g/mol. The maximum atomic E-state index is 13.2. The number of hydrogen-bond acceptors (Lipinski definition) is 2. The van der Waals surface area contributed by atoms with Gasteiger partial charge in [-0.15, -0.1) is 0 Å². The second-order valence-corrected chi connectivity index (χ2v) is 5.96. The second kappa shape index (κ2) is 7.55. The minimum Gasteiger partial charge on any atom is -0.341 e. The van der Waals surface area contributed by atoms with Crippen LogP contribution in [0.4, 0.5) is 4.39 Å². The van der Waals surface area contributed by atoms with Gasteiger partial charge >= 0.3 is 0 Å². The molecule has 1 amide bonds.